The van der Waals surface area contributed by atoms with Crippen LogP contribution < -0.4 is 14.8 Å². The number of carboxylic acid groups (broad SMARTS) is 1. The van der Waals surface area contributed by atoms with Gasteiger partial charge >= 0.3 is 5.97 Å². The Morgan fingerprint density at radius 3 is 2.70 bits per heavy atom. The van der Waals surface area contributed by atoms with Gasteiger partial charge in [0, 0.05) is 6.54 Å². The molecular weight excluding hydrogens is 314 g/mol. The normalized spacial score (nSPS) is 13.4. The summed E-state index contributed by atoms with van der Waals surface area (Å²) in [5.41, 5.74) is 0.972. The number of hydrogen-bond donors (Lipinski definition) is 2. The van der Waals surface area contributed by atoms with Crippen molar-refractivity contribution in [3.63, 3.8) is 0 Å². The summed E-state index contributed by atoms with van der Waals surface area (Å²) in [7, 11) is 1.61. The standard InChI is InChI=1S/C17H27NO4S/c1-5-12(2)22-16-10-13(6-7-15(16)21-3)11-18-14(17(19)20)8-9-23-4/h6-7,10,12,14,18H,5,8-9,11H2,1-4H3,(H,19,20)/t12-,14+/m1/s1. The van der Waals surface area contributed by atoms with Crippen LogP contribution in [0.1, 0.15) is 32.3 Å². The first-order chi connectivity index (χ1) is 11.0. The van der Waals surface area contributed by atoms with E-state index >= 15 is 0 Å². The van der Waals surface area contributed by atoms with E-state index in [0.717, 1.165) is 17.7 Å². The summed E-state index contributed by atoms with van der Waals surface area (Å²) in [5.74, 6) is 1.38. The highest BCUT2D eigenvalue weighted by atomic mass is 32.2. The van der Waals surface area contributed by atoms with E-state index in [0.29, 0.717) is 24.5 Å². The first kappa shape index (κ1) is 19.6. The number of thioether (sulfide) groups is 1. The molecule has 0 fully saturated rings. The van der Waals surface area contributed by atoms with E-state index < -0.39 is 12.0 Å². The quantitative estimate of drug-likeness (QED) is 0.644. The van der Waals surface area contributed by atoms with Crippen molar-refractivity contribution < 1.29 is 19.4 Å². The Kier molecular flexibility index (Phi) is 8.87. The molecule has 0 aliphatic rings. The van der Waals surface area contributed by atoms with Crippen LogP contribution in [-0.2, 0) is 11.3 Å². The molecule has 5 nitrogen and oxygen atoms in total. The Labute approximate surface area is 142 Å². The van der Waals surface area contributed by atoms with Gasteiger partial charge in [-0.05, 0) is 49.5 Å². The first-order valence-electron chi connectivity index (χ1n) is 7.80. The van der Waals surface area contributed by atoms with Gasteiger partial charge < -0.3 is 19.9 Å². The maximum Gasteiger partial charge on any atom is 0.320 e. The van der Waals surface area contributed by atoms with Crippen LogP contribution in [0.25, 0.3) is 0 Å². The fourth-order valence-electron chi connectivity index (χ4n) is 2.01. The van der Waals surface area contributed by atoms with Gasteiger partial charge in [0.2, 0.25) is 0 Å². The lowest BCUT2D eigenvalue weighted by atomic mass is 10.1. The van der Waals surface area contributed by atoms with Crippen molar-refractivity contribution >= 4 is 17.7 Å². The lowest BCUT2D eigenvalue weighted by molar-refractivity contribution is -0.139. The molecule has 1 aromatic carbocycles. The van der Waals surface area contributed by atoms with Gasteiger partial charge in [-0.2, -0.15) is 11.8 Å². The van der Waals surface area contributed by atoms with Gasteiger partial charge in [-0.3, -0.25) is 4.79 Å². The largest absolute Gasteiger partial charge is 0.493 e. The summed E-state index contributed by atoms with van der Waals surface area (Å²) in [4.78, 5) is 11.3. The molecular formula is C17H27NO4S. The van der Waals surface area contributed by atoms with Gasteiger partial charge in [0.25, 0.3) is 0 Å². The average molecular weight is 341 g/mol. The van der Waals surface area contributed by atoms with Crippen molar-refractivity contribution in [3.8, 4) is 11.5 Å². The third-order valence-electron chi connectivity index (χ3n) is 3.59. The summed E-state index contributed by atoms with van der Waals surface area (Å²) < 4.78 is 11.2. The molecule has 0 bridgehead atoms. The number of aliphatic carboxylic acids is 1. The van der Waals surface area contributed by atoms with Crippen LogP contribution in [0, 0.1) is 0 Å². The highest BCUT2D eigenvalue weighted by Gasteiger charge is 2.16. The predicted octanol–water partition coefficient (Wildman–Crippen LogP) is 3.17. The summed E-state index contributed by atoms with van der Waals surface area (Å²) in [5, 5.41) is 12.3. The Morgan fingerprint density at radius 1 is 1.39 bits per heavy atom. The predicted molar refractivity (Wildman–Crippen MR) is 94.6 cm³/mol. The van der Waals surface area contributed by atoms with Crippen molar-refractivity contribution in [2.45, 2.75) is 45.4 Å². The van der Waals surface area contributed by atoms with Crippen LogP contribution in [0.3, 0.4) is 0 Å². The molecule has 6 heteroatoms. The highest BCUT2D eigenvalue weighted by molar-refractivity contribution is 7.98. The first-order valence-corrected chi connectivity index (χ1v) is 9.19. The minimum atomic E-state index is -0.816. The van der Waals surface area contributed by atoms with Crippen molar-refractivity contribution in [1.29, 1.82) is 0 Å². The van der Waals surface area contributed by atoms with Crippen LogP contribution in [0.2, 0.25) is 0 Å². The van der Waals surface area contributed by atoms with Crippen LogP contribution >= 0.6 is 11.8 Å². The lowest BCUT2D eigenvalue weighted by Gasteiger charge is -2.18. The fourth-order valence-corrected chi connectivity index (χ4v) is 2.48. The van der Waals surface area contributed by atoms with Gasteiger partial charge in [-0.1, -0.05) is 13.0 Å². The monoisotopic (exact) mass is 341 g/mol. The van der Waals surface area contributed by atoms with Crippen LogP contribution in [0.5, 0.6) is 11.5 Å². The number of carboxylic acids is 1. The smallest absolute Gasteiger partial charge is 0.320 e. The van der Waals surface area contributed by atoms with Gasteiger partial charge in [-0.25, -0.2) is 0 Å². The molecule has 0 aliphatic carbocycles. The maximum absolute atomic E-state index is 11.3. The SMILES string of the molecule is CC[C@@H](C)Oc1cc(CN[C@@H](CCSC)C(=O)O)ccc1OC. The fraction of sp³-hybridized carbons (Fsp3) is 0.588. The van der Waals surface area contributed by atoms with E-state index in [1.54, 1.807) is 18.9 Å². The van der Waals surface area contributed by atoms with Gasteiger partial charge in [0.05, 0.1) is 13.2 Å². The van der Waals surface area contributed by atoms with E-state index in [9.17, 15) is 9.90 Å². The van der Waals surface area contributed by atoms with Gasteiger partial charge in [0.15, 0.2) is 11.5 Å². The molecule has 0 amide bonds. The van der Waals surface area contributed by atoms with E-state index in [2.05, 4.69) is 12.2 Å². The summed E-state index contributed by atoms with van der Waals surface area (Å²) in [6.45, 7) is 4.55. The summed E-state index contributed by atoms with van der Waals surface area (Å²) in [6.07, 6.45) is 3.58. The summed E-state index contributed by atoms with van der Waals surface area (Å²) >= 11 is 1.65. The van der Waals surface area contributed by atoms with E-state index in [1.165, 1.54) is 0 Å². The minimum absolute atomic E-state index is 0.0976. The molecule has 2 N–H and O–H groups in total. The number of hydrogen-bond acceptors (Lipinski definition) is 5. The van der Waals surface area contributed by atoms with E-state index in [1.807, 2.05) is 31.4 Å². The number of ether oxygens (including phenoxy) is 2. The molecule has 130 valence electrons. The Morgan fingerprint density at radius 2 is 2.13 bits per heavy atom. The number of nitrogens with one attached hydrogen (secondary N) is 1. The summed E-state index contributed by atoms with van der Waals surface area (Å²) in [6, 6.07) is 5.14. The molecule has 0 heterocycles. The second kappa shape index (κ2) is 10.4. The second-order valence-electron chi connectivity index (χ2n) is 5.38. The molecule has 0 radical (unpaired) electrons. The van der Waals surface area contributed by atoms with Crippen molar-refractivity contribution in [3.05, 3.63) is 23.8 Å². The molecule has 0 saturated heterocycles. The molecule has 23 heavy (non-hydrogen) atoms. The molecule has 1 rings (SSSR count). The second-order valence-corrected chi connectivity index (χ2v) is 6.36. The zero-order valence-corrected chi connectivity index (χ0v) is 15.1. The van der Waals surface area contributed by atoms with Crippen molar-refractivity contribution in [2.75, 3.05) is 19.1 Å². The molecule has 0 aromatic heterocycles. The van der Waals surface area contributed by atoms with E-state index in [4.69, 9.17) is 9.47 Å². The number of benzene rings is 1. The zero-order valence-electron chi connectivity index (χ0n) is 14.3. The topological polar surface area (TPSA) is 67.8 Å². The van der Waals surface area contributed by atoms with Crippen LogP contribution in [0.4, 0.5) is 0 Å². The highest BCUT2D eigenvalue weighted by Crippen LogP contribution is 2.29. The number of methoxy groups -OCH3 is 1. The zero-order chi connectivity index (χ0) is 17.2. The minimum Gasteiger partial charge on any atom is -0.493 e. The molecule has 0 saturated carbocycles. The Bertz CT molecular complexity index is 495. The molecule has 0 spiro atoms. The van der Waals surface area contributed by atoms with Crippen molar-refractivity contribution in [1.82, 2.24) is 5.32 Å². The van der Waals surface area contributed by atoms with Gasteiger partial charge in [-0.15, -0.1) is 0 Å². The molecule has 0 unspecified atom stereocenters. The Balaban J connectivity index is 2.75. The third-order valence-corrected chi connectivity index (χ3v) is 4.24. The van der Waals surface area contributed by atoms with E-state index in [-0.39, 0.29) is 6.10 Å². The molecule has 2 atom stereocenters. The molecule has 0 aliphatic heterocycles. The average Bonchev–Trinajstić information content (AvgIpc) is 2.54. The van der Waals surface area contributed by atoms with Crippen LogP contribution in [-0.4, -0.2) is 42.3 Å². The third kappa shape index (κ3) is 6.71. The number of carbonyl (C=O) groups is 1. The van der Waals surface area contributed by atoms with Crippen LogP contribution in [0.15, 0.2) is 18.2 Å². The Hall–Kier alpha value is -1.40. The van der Waals surface area contributed by atoms with Crippen molar-refractivity contribution in [2.24, 2.45) is 0 Å². The molecule has 1 aromatic rings. The lowest BCUT2D eigenvalue weighted by Crippen LogP contribution is -2.36. The van der Waals surface area contributed by atoms with Gasteiger partial charge in [0.1, 0.15) is 6.04 Å². The maximum atomic E-state index is 11.3. The number of rotatable bonds is 11.